The van der Waals surface area contributed by atoms with Crippen LogP contribution in [0.2, 0.25) is 0 Å². The first-order valence-corrected chi connectivity index (χ1v) is 8.48. The van der Waals surface area contributed by atoms with Gasteiger partial charge in [0, 0.05) is 11.6 Å². The van der Waals surface area contributed by atoms with E-state index in [0.29, 0.717) is 11.5 Å². The molecule has 1 aliphatic rings. The number of benzene rings is 1. The molecule has 144 valence electrons. The summed E-state index contributed by atoms with van der Waals surface area (Å²) in [6.07, 6.45) is -1.38. The van der Waals surface area contributed by atoms with Gasteiger partial charge in [-0.15, -0.1) is 13.2 Å². The molecule has 2 rings (SSSR count). The van der Waals surface area contributed by atoms with E-state index in [1.165, 1.54) is 25.3 Å². The van der Waals surface area contributed by atoms with Crippen LogP contribution < -0.4 is 9.47 Å². The molecule has 26 heavy (non-hydrogen) atoms. The summed E-state index contributed by atoms with van der Waals surface area (Å²) in [4.78, 5) is 8.98. The molecule has 0 fully saturated rings. The second kappa shape index (κ2) is 8.42. The van der Waals surface area contributed by atoms with Gasteiger partial charge in [-0.05, 0) is 31.9 Å². The highest BCUT2D eigenvalue weighted by Crippen LogP contribution is 2.36. The molecule has 5 nitrogen and oxygen atoms in total. The Labute approximate surface area is 150 Å². The van der Waals surface area contributed by atoms with Crippen LogP contribution in [-0.2, 0) is 4.74 Å². The van der Waals surface area contributed by atoms with Gasteiger partial charge in [0.2, 0.25) is 5.90 Å². The summed E-state index contributed by atoms with van der Waals surface area (Å²) in [5.41, 5.74) is 0.635. The number of halogens is 3. The highest BCUT2D eigenvalue weighted by molar-refractivity contribution is 6.26. The quantitative estimate of drug-likeness (QED) is 0.727. The Balaban J connectivity index is 2.19. The van der Waals surface area contributed by atoms with E-state index in [1.54, 1.807) is 6.21 Å². The van der Waals surface area contributed by atoms with Gasteiger partial charge in [0.05, 0.1) is 25.5 Å². The lowest BCUT2D eigenvalue weighted by Crippen LogP contribution is -2.25. The zero-order chi connectivity index (χ0) is 19.3. The lowest BCUT2D eigenvalue weighted by molar-refractivity contribution is -0.274. The van der Waals surface area contributed by atoms with Gasteiger partial charge in [0.1, 0.15) is 17.5 Å². The highest BCUT2D eigenvalue weighted by Gasteiger charge is 2.32. The van der Waals surface area contributed by atoms with Crippen molar-refractivity contribution in [2.75, 3.05) is 7.11 Å². The molecule has 0 saturated carbocycles. The third-order valence-corrected chi connectivity index (χ3v) is 4.09. The first-order chi connectivity index (χ1) is 12.3. The van der Waals surface area contributed by atoms with Gasteiger partial charge in [0.25, 0.3) is 0 Å². The third kappa shape index (κ3) is 5.12. The maximum Gasteiger partial charge on any atom is 0.573 e. The van der Waals surface area contributed by atoms with Gasteiger partial charge < -0.3 is 14.2 Å². The molecule has 0 amide bonds. The summed E-state index contributed by atoms with van der Waals surface area (Å²) < 4.78 is 52.1. The van der Waals surface area contributed by atoms with Crippen LogP contribution in [0.4, 0.5) is 13.2 Å². The van der Waals surface area contributed by atoms with Crippen molar-refractivity contribution in [1.82, 2.24) is 0 Å². The average molecular weight is 372 g/mol. The Bertz CT molecular complexity index is 670. The van der Waals surface area contributed by atoms with Crippen molar-refractivity contribution in [3.8, 4) is 11.5 Å². The van der Waals surface area contributed by atoms with E-state index in [-0.39, 0.29) is 29.7 Å². The smallest absolute Gasteiger partial charge is 0.496 e. The molecule has 0 aromatic heterocycles. The van der Waals surface area contributed by atoms with Crippen molar-refractivity contribution in [3.05, 3.63) is 23.8 Å². The van der Waals surface area contributed by atoms with Crippen molar-refractivity contribution < 1.29 is 27.4 Å². The third-order valence-electron chi connectivity index (χ3n) is 4.09. The first-order valence-electron chi connectivity index (χ1n) is 8.48. The molecule has 2 unspecified atom stereocenters. The monoisotopic (exact) mass is 372 g/mol. The first kappa shape index (κ1) is 20.1. The predicted molar refractivity (Wildman–Crippen MR) is 93.3 cm³/mol. The fourth-order valence-electron chi connectivity index (χ4n) is 2.73. The van der Waals surface area contributed by atoms with Crippen LogP contribution in [-0.4, -0.2) is 37.7 Å². The predicted octanol–water partition coefficient (Wildman–Crippen LogP) is 4.71. The summed E-state index contributed by atoms with van der Waals surface area (Å²) >= 11 is 0. The van der Waals surface area contributed by atoms with Crippen molar-refractivity contribution in [2.24, 2.45) is 9.98 Å². The molecule has 1 aliphatic heterocycles. The minimum Gasteiger partial charge on any atom is -0.496 e. The molecule has 1 heterocycles. The maximum atomic E-state index is 12.4. The van der Waals surface area contributed by atoms with E-state index >= 15 is 0 Å². The van der Waals surface area contributed by atoms with Crippen LogP contribution >= 0.6 is 0 Å². The lowest BCUT2D eigenvalue weighted by atomic mass is 9.99. The van der Waals surface area contributed by atoms with Crippen LogP contribution in [0.5, 0.6) is 11.5 Å². The number of alkyl halides is 3. The molecule has 0 bridgehead atoms. The van der Waals surface area contributed by atoms with Crippen LogP contribution in [0.15, 0.2) is 28.2 Å². The topological polar surface area (TPSA) is 52.4 Å². The van der Waals surface area contributed by atoms with Crippen molar-refractivity contribution in [2.45, 2.75) is 58.2 Å². The Kier molecular flexibility index (Phi) is 6.50. The van der Waals surface area contributed by atoms with Gasteiger partial charge in [-0.1, -0.05) is 13.8 Å². The fourth-order valence-corrected chi connectivity index (χ4v) is 2.73. The number of hydrogen-bond donors (Lipinski definition) is 0. The van der Waals surface area contributed by atoms with Gasteiger partial charge in [-0.25, -0.2) is 4.99 Å². The molecule has 1 aromatic carbocycles. The summed E-state index contributed by atoms with van der Waals surface area (Å²) in [5, 5.41) is 0. The summed E-state index contributed by atoms with van der Waals surface area (Å²) in [7, 11) is 1.39. The Hall–Kier alpha value is -2.25. The molecule has 2 atom stereocenters. The maximum absolute atomic E-state index is 12.4. The molecule has 0 saturated heterocycles. The zero-order valence-corrected chi connectivity index (χ0v) is 15.2. The van der Waals surface area contributed by atoms with Crippen molar-refractivity contribution in [1.29, 1.82) is 0 Å². The number of hydrogen-bond acceptors (Lipinski definition) is 5. The molecule has 0 radical (unpaired) electrons. The van der Waals surface area contributed by atoms with E-state index in [9.17, 15) is 13.2 Å². The molecule has 0 spiro atoms. The summed E-state index contributed by atoms with van der Waals surface area (Å²) in [5.74, 6) is 0.394. The number of methoxy groups -OCH3 is 1. The van der Waals surface area contributed by atoms with Crippen molar-refractivity contribution >= 4 is 12.1 Å². The van der Waals surface area contributed by atoms with Crippen LogP contribution in [0.25, 0.3) is 0 Å². The molecule has 0 N–H and O–H groups in total. The average Bonchev–Trinajstić information content (AvgIpc) is 2.58. The lowest BCUT2D eigenvalue weighted by Gasteiger charge is -2.25. The van der Waals surface area contributed by atoms with Gasteiger partial charge in [-0.2, -0.15) is 0 Å². The largest absolute Gasteiger partial charge is 0.573 e. The van der Waals surface area contributed by atoms with Gasteiger partial charge in [0.15, 0.2) is 0 Å². The normalized spacial score (nSPS) is 20.1. The van der Waals surface area contributed by atoms with E-state index in [2.05, 4.69) is 14.7 Å². The van der Waals surface area contributed by atoms with E-state index in [0.717, 1.165) is 12.8 Å². The molecule has 1 aromatic rings. The van der Waals surface area contributed by atoms with Gasteiger partial charge >= 0.3 is 6.36 Å². The molecule has 8 heteroatoms. The summed E-state index contributed by atoms with van der Waals surface area (Å²) in [6.45, 7) is 5.95. The zero-order valence-electron chi connectivity index (χ0n) is 15.2. The second-order valence-electron chi connectivity index (χ2n) is 5.94. The van der Waals surface area contributed by atoms with E-state index in [1.807, 2.05) is 20.8 Å². The van der Waals surface area contributed by atoms with Crippen LogP contribution in [0.1, 0.15) is 45.2 Å². The highest BCUT2D eigenvalue weighted by atomic mass is 19.4. The number of aliphatic imine (C=N–C) groups is 2. The minimum atomic E-state index is -4.76. The number of ether oxygens (including phenoxy) is 3. The SMILES string of the molecule is CCC(CC)OC1=NC(C)C(c2ccc(OC(F)(F)F)cc2OC)N=C1. The second-order valence-corrected chi connectivity index (χ2v) is 5.94. The number of rotatable bonds is 6. The Morgan fingerprint density at radius 3 is 2.42 bits per heavy atom. The fraction of sp³-hybridized carbons (Fsp3) is 0.556. The standard InChI is InChI=1S/C18H23F3N2O3/c1-5-12(6-2)25-16-10-22-17(11(3)23-16)14-8-7-13(9-15(14)24-4)26-18(19,20)21/h7-12,17H,5-6H2,1-4H3. The molecular formula is C18H23F3N2O3. The van der Waals surface area contributed by atoms with Gasteiger partial charge in [-0.3, -0.25) is 4.99 Å². The Morgan fingerprint density at radius 2 is 1.88 bits per heavy atom. The van der Waals surface area contributed by atoms with E-state index < -0.39 is 6.36 Å². The minimum absolute atomic E-state index is 0.0808. The number of nitrogens with zero attached hydrogens (tertiary/aromatic N) is 2. The van der Waals surface area contributed by atoms with E-state index in [4.69, 9.17) is 9.47 Å². The molecular weight excluding hydrogens is 349 g/mol. The summed E-state index contributed by atoms with van der Waals surface area (Å²) in [6, 6.07) is 3.34. The van der Waals surface area contributed by atoms with Crippen LogP contribution in [0, 0.1) is 0 Å². The molecule has 0 aliphatic carbocycles. The van der Waals surface area contributed by atoms with Crippen LogP contribution in [0.3, 0.4) is 0 Å². The van der Waals surface area contributed by atoms with Crippen molar-refractivity contribution in [3.63, 3.8) is 0 Å². The Morgan fingerprint density at radius 1 is 1.19 bits per heavy atom.